The molecule has 358 valence electrons. The monoisotopic (exact) mass is 920 g/mol. The van der Waals surface area contributed by atoms with Crippen molar-refractivity contribution in [2.45, 2.75) is 168 Å². The van der Waals surface area contributed by atoms with Gasteiger partial charge in [-0.05, 0) is 24.2 Å². The summed E-state index contributed by atoms with van der Waals surface area (Å²) < 4.78 is 67.7. The number of methoxy groups -OCH3 is 1. The minimum atomic E-state index is -1.80. The van der Waals surface area contributed by atoms with Crippen molar-refractivity contribution < 1.29 is 95.2 Å². The Morgan fingerprint density at radius 2 is 0.921 bits per heavy atom. The first-order valence-electron chi connectivity index (χ1n) is 20.8. The van der Waals surface area contributed by atoms with Crippen LogP contribution in [0.3, 0.4) is 0 Å². The van der Waals surface area contributed by atoms with E-state index >= 15 is 0 Å². The number of carbonyl (C=O) groups is 8. The van der Waals surface area contributed by atoms with Gasteiger partial charge in [0.1, 0.15) is 31.5 Å². The molecule has 2 saturated heterocycles. The molecular formula is C42H64O20S. The number of esters is 8. The highest BCUT2D eigenvalue weighted by atomic mass is 32.2. The minimum absolute atomic E-state index is 0.0797. The van der Waals surface area contributed by atoms with Crippen LogP contribution in [-0.4, -0.2) is 148 Å². The molecule has 21 heteroatoms. The summed E-state index contributed by atoms with van der Waals surface area (Å²) in [6.07, 6.45) is -6.76. The fourth-order valence-corrected chi connectivity index (χ4v) is 7.63. The van der Waals surface area contributed by atoms with E-state index in [0.29, 0.717) is 17.7 Å². The summed E-state index contributed by atoms with van der Waals surface area (Å²) >= 11 is 1.66. The van der Waals surface area contributed by atoms with Gasteiger partial charge < -0.3 is 56.8 Å². The van der Waals surface area contributed by atoms with Crippen molar-refractivity contribution >= 4 is 59.5 Å². The molecular weight excluding hydrogens is 857 g/mol. The maximum absolute atomic E-state index is 12.7. The number of rotatable bonds is 27. The van der Waals surface area contributed by atoms with E-state index in [1.54, 1.807) is 11.8 Å². The number of carbonyl (C=O) groups excluding carboxylic acids is 8. The fraction of sp³-hybridized carbons (Fsp3) is 0.762. The van der Waals surface area contributed by atoms with E-state index in [9.17, 15) is 38.4 Å². The third-order valence-electron chi connectivity index (χ3n) is 9.29. The van der Waals surface area contributed by atoms with Crippen LogP contribution in [0.1, 0.15) is 106 Å². The van der Waals surface area contributed by atoms with E-state index in [1.807, 2.05) is 0 Å². The highest BCUT2D eigenvalue weighted by Crippen LogP contribution is 2.36. The maximum Gasteiger partial charge on any atom is 0.305 e. The van der Waals surface area contributed by atoms with Crippen LogP contribution >= 0.6 is 11.8 Å². The summed E-state index contributed by atoms with van der Waals surface area (Å²) in [6.45, 7) is 10.5. The average molecular weight is 921 g/mol. The molecule has 0 aliphatic carbocycles. The Morgan fingerprint density at radius 1 is 0.508 bits per heavy atom. The summed E-state index contributed by atoms with van der Waals surface area (Å²) in [4.78, 5) is 97.6. The molecule has 2 aliphatic heterocycles. The fourth-order valence-electron chi connectivity index (χ4n) is 6.70. The van der Waals surface area contributed by atoms with Crippen molar-refractivity contribution in [1.82, 2.24) is 0 Å². The second kappa shape index (κ2) is 29.2. The van der Waals surface area contributed by atoms with Gasteiger partial charge in [0.25, 0.3) is 0 Å². The predicted molar refractivity (Wildman–Crippen MR) is 219 cm³/mol. The second-order valence-electron chi connectivity index (χ2n) is 14.9. The molecule has 10 atom stereocenters. The summed E-state index contributed by atoms with van der Waals surface area (Å²) in [5.41, 5.74) is 0.661. The summed E-state index contributed by atoms with van der Waals surface area (Å²) in [6, 6.07) is 0. The van der Waals surface area contributed by atoms with Gasteiger partial charge in [-0.3, -0.25) is 38.4 Å². The molecule has 2 fully saturated rings. The zero-order valence-electron chi connectivity index (χ0n) is 37.5. The number of hydrogen-bond acceptors (Lipinski definition) is 21. The molecule has 0 aromatic carbocycles. The van der Waals surface area contributed by atoms with Crippen LogP contribution in [-0.2, 0) is 95.2 Å². The molecule has 0 aromatic rings. The summed E-state index contributed by atoms with van der Waals surface area (Å²) in [5, 5.41) is 0. The molecule has 2 rings (SSSR count). The normalized spacial score (nSPS) is 25.4. The molecule has 0 N–H and O–H groups in total. The lowest BCUT2D eigenvalue weighted by Gasteiger charge is -2.48. The van der Waals surface area contributed by atoms with Gasteiger partial charge in [-0.1, -0.05) is 45.1 Å². The van der Waals surface area contributed by atoms with Crippen molar-refractivity contribution in [3.05, 3.63) is 12.2 Å². The Morgan fingerprint density at radius 3 is 1.41 bits per heavy atom. The molecule has 0 saturated carbocycles. The average Bonchev–Trinajstić information content (AvgIpc) is 3.18. The molecule has 0 aromatic heterocycles. The highest BCUT2D eigenvalue weighted by Gasteiger charge is 2.57. The molecule has 2 aliphatic rings. The highest BCUT2D eigenvalue weighted by molar-refractivity contribution is 7.99. The van der Waals surface area contributed by atoms with E-state index in [-0.39, 0.29) is 12.6 Å². The SMILES string of the molecule is C=C(CO[C@@H]1O[C@H](COC(C)=O)[C@@H](O[C@@H]2O[C@H](COC(C)=O)[C@H](OC(C)=O)[C@H](OC(C)=O)[C@H]2OC(C)=O)[C@H](OC(C)=O)[C@H]1OC(C)=O)CSCCCCCCCCCCC(=O)OC. The topological polar surface area (TPSA) is 247 Å². The number of hydrogen-bond donors (Lipinski definition) is 0. The first kappa shape index (κ1) is 54.8. The standard InChI is InChI=1S/C42H64O20S/c1-24(23-63-19-17-15-13-11-10-12-14-16-18-34(50)51-9)20-54-41-39(58-30(7)48)38(57-29(6)47)36(33(60-41)22-53-26(3)44)62-42-40(59-31(8)49)37(56-28(5)46)35(55-27(4)45)32(61-42)21-52-25(2)43/h32-33,35-42H,1,10-23H2,2-9H3/t32-,33-,35+,36-,37+,38+,39-,40-,41-,42+/m1/s1. The van der Waals surface area contributed by atoms with E-state index in [1.165, 1.54) is 7.11 Å². The smallest absolute Gasteiger partial charge is 0.305 e. The molecule has 20 nitrogen and oxygen atoms in total. The van der Waals surface area contributed by atoms with Crippen LogP contribution in [0, 0.1) is 0 Å². The van der Waals surface area contributed by atoms with Crippen molar-refractivity contribution in [3.63, 3.8) is 0 Å². The van der Waals surface area contributed by atoms with E-state index in [0.717, 1.165) is 106 Å². The van der Waals surface area contributed by atoms with Gasteiger partial charge in [0.2, 0.25) is 0 Å². The van der Waals surface area contributed by atoms with Crippen LogP contribution in [0.2, 0.25) is 0 Å². The molecule has 0 amide bonds. The largest absolute Gasteiger partial charge is 0.469 e. The van der Waals surface area contributed by atoms with Crippen LogP contribution in [0.25, 0.3) is 0 Å². The Balaban J connectivity index is 2.31. The lowest BCUT2D eigenvalue weighted by Crippen LogP contribution is -2.67. The molecule has 0 spiro atoms. The summed E-state index contributed by atoms with van der Waals surface area (Å²) in [5.74, 6) is -4.60. The second-order valence-corrected chi connectivity index (χ2v) is 16.0. The molecule has 63 heavy (non-hydrogen) atoms. The van der Waals surface area contributed by atoms with E-state index < -0.39 is 116 Å². The third-order valence-corrected chi connectivity index (χ3v) is 10.5. The third kappa shape index (κ3) is 21.3. The van der Waals surface area contributed by atoms with Gasteiger partial charge >= 0.3 is 47.8 Å². The van der Waals surface area contributed by atoms with Gasteiger partial charge in [-0.25, -0.2) is 0 Å². The zero-order chi connectivity index (χ0) is 47.1. The zero-order valence-corrected chi connectivity index (χ0v) is 38.3. The summed E-state index contributed by atoms with van der Waals surface area (Å²) in [7, 11) is 1.39. The van der Waals surface area contributed by atoms with Crippen LogP contribution < -0.4 is 0 Å². The Hall–Kier alpha value is -4.31. The van der Waals surface area contributed by atoms with Crippen molar-refractivity contribution in [1.29, 1.82) is 0 Å². The number of thioether (sulfide) groups is 1. The van der Waals surface area contributed by atoms with Crippen LogP contribution in [0.5, 0.6) is 0 Å². The lowest BCUT2D eigenvalue weighted by atomic mass is 9.96. The van der Waals surface area contributed by atoms with Crippen molar-refractivity contribution in [2.24, 2.45) is 0 Å². The lowest BCUT2D eigenvalue weighted by molar-refractivity contribution is -0.360. The van der Waals surface area contributed by atoms with Gasteiger partial charge in [-0.15, -0.1) is 0 Å². The molecule has 0 unspecified atom stereocenters. The molecule has 0 bridgehead atoms. The minimum Gasteiger partial charge on any atom is -0.469 e. The first-order chi connectivity index (χ1) is 29.8. The Kier molecular flexibility index (Phi) is 25.4. The Labute approximate surface area is 372 Å². The van der Waals surface area contributed by atoms with E-state index in [4.69, 9.17) is 52.1 Å². The first-order valence-corrected chi connectivity index (χ1v) is 22.0. The quantitative estimate of drug-likeness (QED) is 0.0494. The number of ether oxygens (including phenoxy) is 12. The van der Waals surface area contributed by atoms with Crippen molar-refractivity contribution in [2.75, 3.05) is 38.4 Å². The van der Waals surface area contributed by atoms with Gasteiger partial charge in [0.15, 0.2) is 43.1 Å². The Bertz CT molecular complexity index is 1540. The van der Waals surface area contributed by atoms with Gasteiger partial charge in [-0.2, -0.15) is 11.8 Å². The maximum atomic E-state index is 12.7. The number of unbranched alkanes of at least 4 members (excludes halogenated alkanes) is 7. The molecule has 2 heterocycles. The predicted octanol–water partition coefficient (Wildman–Crippen LogP) is 3.60. The van der Waals surface area contributed by atoms with Gasteiger partial charge in [0, 0.05) is 60.6 Å². The van der Waals surface area contributed by atoms with Crippen LogP contribution in [0.4, 0.5) is 0 Å². The van der Waals surface area contributed by atoms with Crippen molar-refractivity contribution in [3.8, 4) is 0 Å². The van der Waals surface area contributed by atoms with E-state index in [2.05, 4.69) is 11.3 Å². The van der Waals surface area contributed by atoms with Gasteiger partial charge in [0.05, 0.1) is 13.7 Å². The molecule has 0 radical (unpaired) electrons. The van der Waals surface area contributed by atoms with Crippen LogP contribution in [0.15, 0.2) is 12.2 Å².